The van der Waals surface area contributed by atoms with Gasteiger partial charge in [-0.3, -0.25) is 9.97 Å². The van der Waals surface area contributed by atoms with Crippen LogP contribution in [0, 0.1) is 34.5 Å². The van der Waals surface area contributed by atoms with E-state index in [4.69, 9.17) is 5.73 Å². The minimum atomic E-state index is 0.0348. The van der Waals surface area contributed by atoms with Gasteiger partial charge in [0.15, 0.2) is 0 Å². The summed E-state index contributed by atoms with van der Waals surface area (Å²) in [7, 11) is 0. The molecule has 0 spiro atoms. The van der Waals surface area contributed by atoms with Gasteiger partial charge in [-0.15, -0.1) is 0 Å². The van der Waals surface area contributed by atoms with Crippen LogP contribution in [0.5, 0.6) is 0 Å². The van der Waals surface area contributed by atoms with Crippen molar-refractivity contribution in [3.8, 4) is 0 Å². The summed E-state index contributed by atoms with van der Waals surface area (Å²) in [6.45, 7) is 10.1. The molecule has 26 heavy (non-hydrogen) atoms. The van der Waals surface area contributed by atoms with Crippen molar-refractivity contribution in [3.63, 3.8) is 0 Å². The van der Waals surface area contributed by atoms with E-state index in [1.165, 1.54) is 24.8 Å². The second-order valence-corrected chi connectivity index (χ2v) is 9.43. The lowest BCUT2D eigenvalue weighted by atomic mass is 9.49. The highest BCUT2D eigenvalue weighted by molar-refractivity contribution is 5.24. The van der Waals surface area contributed by atoms with E-state index in [0.717, 1.165) is 37.2 Å². The average Bonchev–Trinajstić information content (AvgIpc) is 2.95. The number of rotatable bonds is 3. The molecule has 4 rings (SSSR count). The molecule has 3 aliphatic rings. The molecule has 0 bridgehead atoms. The number of aliphatic hydroxyl groups excluding tert-OH is 1. The molecule has 3 aliphatic carbocycles. The van der Waals surface area contributed by atoms with Crippen LogP contribution in [0.1, 0.15) is 50.9 Å². The zero-order chi connectivity index (χ0) is 18.5. The lowest BCUT2D eigenvalue weighted by molar-refractivity contribution is -0.0545. The van der Waals surface area contributed by atoms with Crippen LogP contribution in [-0.2, 0) is 12.8 Å². The Kier molecular flexibility index (Phi) is 4.47. The van der Waals surface area contributed by atoms with E-state index in [1.807, 2.05) is 0 Å². The highest BCUT2D eigenvalue weighted by Crippen LogP contribution is 2.62. The van der Waals surface area contributed by atoms with Crippen molar-refractivity contribution in [2.24, 2.45) is 40.2 Å². The van der Waals surface area contributed by atoms with E-state index in [-0.39, 0.29) is 23.4 Å². The van der Waals surface area contributed by atoms with Crippen molar-refractivity contribution in [2.75, 3.05) is 13.2 Å². The number of fused-ring (bicyclic) bond motifs is 2. The van der Waals surface area contributed by atoms with Gasteiger partial charge < -0.3 is 10.8 Å². The molecule has 0 unspecified atom stereocenters. The Morgan fingerprint density at radius 1 is 1.19 bits per heavy atom. The number of hydrogen-bond donors (Lipinski definition) is 2. The van der Waals surface area contributed by atoms with Gasteiger partial charge in [0.25, 0.3) is 0 Å². The van der Waals surface area contributed by atoms with Crippen LogP contribution in [0.4, 0.5) is 0 Å². The molecule has 2 saturated carbocycles. The molecular formula is C22H33N3O. The second kappa shape index (κ2) is 6.42. The van der Waals surface area contributed by atoms with Gasteiger partial charge in [-0.05, 0) is 79.6 Å². The van der Waals surface area contributed by atoms with Gasteiger partial charge in [0, 0.05) is 19.0 Å². The summed E-state index contributed by atoms with van der Waals surface area (Å²) in [6.07, 6.45) is 10.1. The molecular weight excluding hydrogens is 322 g/mol. The summed E-state index contributed by atoms with van der Waals surface area (Å²) < 4.78 is 0. The molecule has 0 saturated heterocycles. The average molecular weight is 356 g/mol. The van der Waals surface area contributed by atoms with Crippen molar-refractivity contribution in [3.05, 3.63) is 35.9 Å². The smallest absolute Gasteiger partial charge is 0.0624 e. The fourth-order valence-electron chi connectivity index (χ4n) is 6.73. The van der Waals surface area contributed by atoms with E-state index in [9.17, 15) is 5.11 Å². The highest BCUT2D eigenvalue weighted by atomic mass is 16.3. The molecule has 2 fully saturated rings. The molecule has 0 aromatic carbocycles. The Hall–Kier alpha value is -1.26. The molecule has 1 aromatic heterocycles. The molecule has 142 valence electrons. The molecule has 0 aliphatic heterocycles. The van der Waals surface area contributed by atoms with E-state index in [0.29, 0.717) is 17.8 Å². The number of aromatic nitrogens is 2. The minimum Gasteiger partial charge on any atom is -0.396 e. The van der Waals surface area contributed by atoms with Gasteiger partial charge in [0.1, 0.15) is 0 Å². The maximum atomic E-state index is 10.2. The Morgan fingerprint density at radius 3 is 2.62 bits per heavy atom. The molecule has 6 atom stereocenters. The summed E-state index contributed by atoms with van der Waals surface area (Å²) in [5.41, 5.74) is 10.3. The second-order valence-electron chi connectivity index (χ2n) is 9.43. The summed E-state index contributed by atoms with van der Waals surface area (Å²) in [4.78, 5) is 9.16. The van der Waals surface area contributed by atoms with Crippen molar-refractivity contribution in [1.82, 2.24) is 9.97 Å². The van der Waals surface area contributed by atoms with Crippen LogP contribution in [0.3, 0.4) is 0 Å². The third-order valence-corrected chi connectivity index (χ3v) is 8.51. The highest BCUT2D eigenvalue weighted by Gasteiger charge is 2.56. The van der Waals surface area contributed by atoms with Crippen LogP contribution < -0.4 is 5.73 Å². The van der Waals surface area contributed by atoms with Gasteiger partial charge in [-0.25, -0.2) is 0 Å². The maximum absolute atomic E-state index is 10.2. The normalized spacial score (nSPS) is 42.4. The van der Waals surface area contributed by atoms with E-state index >= 15 is 0 Å². The first-order valence-corrected chi connectivity index (χ1v) is 10.2. The number of nitrogens with zero attached hydrogens (tertiary/aromatic N) is 2. The Labute approximate surface area is 157 Å². The first-order valence-electron chi connectivity index (χ1n) is 10.2. The molecule has 0 amide bonds. The van der Waals surface area contributed by atoms with E-state index in [1.54, 1.807) is 12.4 Å². The summed E-state index contributed by atoms with van der Waals surface area (Å²) >= 11 is 0. The van der Waals surface area contributed by atoms with Crippen molar-refractivity contribution in [1.29, 1.82) is 0 Å². The number of aliphatic hydroxyl groups is 1. The number of nitrogens with two attached hydrogens (primary N) is 1. The fourth-order valence-corrected chi connectivity index (χ4v) is 6.73. The van der Waals surface area contributed by atoms with Crippen LogP contribution in [0.2, 0.25) is 0 Å². The first kappa shape index (κ1) is 18.1. The summed E-state index contributed by atoms with van der Waals surface area (Å²) in [5.74, 6) is 1.91. The predicted octanol–water partition coefficient (Wildman–Crippen LogP) is 3.15. The molecule has 4 heteroatoms. The number of hydrogen-bond acceptors (Lipinski definition) is 4. The molecule has 1 heterocycles. The molecule has 4 nitrogen and oxygen atoms in total. The predicted molar refractivity (Wildman–Crippen MR) is 103 cm³/mol. The standard InChI is InChI=1S/C22H33N3O/c1-14-4-5-17-16(12-23)18(6-7-21(14,17)2)22(3)11-20-19(10-15(22)13-26)24-8-9-25-20/h8-9,15-18,26H,1,4-7,10-13,23H2,2-3H3/t15-,16+,17+,18+,21-,22+/m1/s1. The van der Waals surface area contributed by atoms with Crippen LogP contribution in [0.25, 0.3) is 0 Å². The van der Waals surface area contributed by atoms with Crippen molar-refractivity contribution >= 4 is 0 Å². The monoisotopic (exact) mass is 355 g/mol. The molecule has 1 aromatic rings. The van der Waals surface area contributed by atoms with Gasteiger partial charge in [0.05, 0.1) is 11.4 Å². The summed E-state index contributed by atoms with van der Waals surface area (Å²) in [5, 5.41) is 10.2. The SMILES string of the molecule is C=C1CC[C@H]2[C@H](CN)[C@@H]([C@@]3(C)Cc4nccnc4C[C@@H]3CO)CC[C@]12C. The van der Waals surface area contributed by atoms with Gasteiger partial charge in [0.2, 0.25) is 0 Å². The Bertz CT molecular complexity index is 704. The quantitative estimate of drug-likeness (QED) is 0.817. The molecule has 0 radical (unpaired) electrons. The van der Waals surface area contributed by atoms with Crippen molar-refractivity contribution in [2.45, 2.75) is 52.4 Å². The van der Waals surface area contributed by atoms with Crippen LogP contribution in [-0.4, -0.2) is 28.2 Å². The van der Waals surface area contributed by atoms with Gasteiger partial charge in [-0.2, -0.15) is 0 Å². The van der Waals surface area contributed by atoms with Gasteiger partial charge in [-0.1, -0.05) is 26.0 Å². The van der Waals surface area contributed by atoms with Gasteiger partial charge >= 0.3 is 0 Å². The van der Waals surface area contributed by atoms with Crippen molar-refractivity contribution < 1.29 is 5.11 Å². The third kappa shape index (κ3) is 2.49. The zero-order valence-corrected chi connectivity index (χ0v) is 16.2. The Balaban J connectivity index is 1.70. The maximum Gasteiger partial charge on any atom is 0.0624 e. The van der Waals surface area contributed by atoms with E-state index < -0.39 is 0 Å². The lowest BCUT2D eigenvalue weighted by Gasteiger charge is -2.55. The Morgan fingerprint density at radius 2 is 1.92 bits per heavy atom. The topological polar surface area (TPSA) is 72.0 Å². The largest absolute Gasteiger partial charge is 0.396 e. The first-order chi connectivity index (χ1) is 12.4. The van der Waals surface area contributed by atoms with E-state index in [2.05, 4.69) is 30.4 Å². The van der Waals surface area contributed by atoms with Crippen LogP contribution in [0.15, 0.2) is 24.5 Å². The minimum absolute atomic E-state index is 0.0348. The number of allylic oxidation sites excluding steroid dienone is 1. The third-order valence-electron chi connectivity index (χ3n) is 8.51. The lowest BCUT2D eigenvalue weighted by Crippen LogP contribution is -2.53. The van der Waals surface area contributed by atoms with Crippen LogP contribution >= 0.6 is 0 Å². The fraction of sp³-hybridized carbons (Fsp3) is 0.727. The zero-order valence-electron chi connectivity index (χ0n) is 16.2. The summed E-state index contributed by atoms with van der Waals surface area (Å²) in [6, 6.07) is 0. The molecule has 3 N–H and O–H groups in total.